The Morgan fingerprint density at radius 3 is 2.49 bits per heavy atom. The van der Waals surface area contributed by atoms with Gasteiger partial charge in [0.15, 0.2) is 0 Å². The highest BCUT2D eigenvalue weighted by Gasteiger charge is 2.43. The largest absolute Gasteiger partial charge is 0.471 e. The zero-order chi connectivity index (χ0) is 32.9. The summed E-state index contributed by atoms with van der Waals surface area (Å²) in [4.78, 5) is 40.4. The molecular formula is C31H33F3N4O6S. The fourth-order valence-electron chi connectivity index (χ4n) is 5.46. The van der Waals surface area contributed by atoms with Crippen LogP contribution in [0.15, 0.2) is 59.0 Å². The summed E-state index contributed by atoms with van der Waals surface area (Å²) in [6, 6.07) is 10.2. The number of fused-ring (bicyclic) bond motifs is 1. The van der Waals surface area contributed by atoms with Crippen LogP contribution in [0.3, 0.4) is 0 Å². The van der Waals surface area contributed by atoms with Gasteiger partial charge >= 0.3 is 18.1 Å². The van der Waals surface area contributed by atoms with Crippen molar-refractivity contribution in [3.05, 3.63) is 76.4 Å². The second-order valence-electron chi connectivity index (χ2n) is 10.9. The first-order valence-corrected chi connectivity index (χ1v) is 15.8. The molecule has 0 aromatic heterocycles. The van der Waals surface area contributed by atoms with Crippen LogP contribution in [0.1, 0.15) is 42.5 Å². The van der Waals surface area contributed by atoms with Crippen LogP contribution in [0.25, 0.3) is 0 Å². The zero-order valence-electron chi connectivity index (χ0n) is 24.8. The Morgan fingerprint density at radius 1 is 1.11 bits per heavy atom. The number of rotatable bonds is 8. The van der Waals surface area contributed by atoms with Crippen LogP contribution in [0.5, 0.6) is 0 Å². The molecule has 240 valence electrons. The highest BCUT2D eigenvalue weighted by atomic mass is 32.2. The van der Waals surface area contributed by atoms with E-state index in [2.05, 4.69) is 4.72 Å². The highest BCUT2D eigenvalue weighted by Crippen LogP contribution is 2.26. The summed E-state index contributed by atoms with van der Waals surface area (Å²) in [6.07, 6.45) is -3.05. The Hall–Kier alpha value is -4.22. The minimum absolute atomic E-state index is 0.00447. The summed E-state index contributed by atoms with van der Waals surface area (Å²) in [6.45, 7) is 3.20. The lowest BCUT2D eigenvalue weighted by atomic mass is 9.98. The van der Waals surface area contributed by atoms with E-state index in [9.17, 15) is 41.2 Å². The molecule has 0 radical (unpaired) electrons. The Bertz CT molecular complexity index is 1650. The molecule has 2 heterocycles. The highest BCUT2D eigenvalue weighted by molar-refractivity contribution is 7.89. The summed E-state index contributed by atoms with van der Waals surface area (Å²) in [5.74, 6) is -3.23. The molecule has 2 aromatic carbocycles. The van der Waals surface area contributed by atoms with Gasteiger partial charge in [-0.05, 0) is 80.5 Å². The lowest BCUT2D eigenvalue weighted by Gasteiger charge is -2.35. The topological polar surface area (TPSA) is 137 Å². The van der Waals surface area contributed by atoms with Gasteiger partial charge in [0.05, 0.1) is 23.1 Å². The fraction of sp³-hybridized carbons (Fsp3) is 0.419. The van der Waals surface area contributed by atoms with Crippen LogP contribution in [0.4, 0.5) is 13.2 Å². The molecule has 0 fully saturated rings. The molecule has 10 nitrogen and oxygen atoms in total. The van der Waals surface area contributed by atoms with Gasteiger partial charge in [-0.3, -0.25) is 9.59 Å². The van der Waals surface area contributed by atoms with Crippen LogP contribution in [0.2, 0.25) is 0 Å². The molecule has 2 atom stereocenters. The maximum Gasteiger partial charge on any atom is 0.471 e. The average Bonchev–Trinajstić information content (AvgIpc) is 3.22. The van der Waals surface area contributed by atoms with Gasteiger partial charge in [-0.15, -0.1) is 0 Å². The Balaban J connectivity index is 1.64. The number of esters is 1. The van der Waals surface area contributed by atoms with Crippen molar-refractivity contribution in [2.75, 3.05) is 26.2 Å². The molecule has 0 spiro atoms. The number of hydrogen-bond acceptors (Lipinski definition) is 7. The number of ether oxygens (including phenoxy) is 1. The van der Waals surface area contributed by atoms with E-state index in [0.717, 1.165) is 5.57 Å². The number of nitrogens with one attached hydrogen (secondary N) is 1. The standard InChI is InChI=1S/C31H33F3N4O6S/c1-3-44-29(40)27-15-20(2)9-14-38(27)28(39)26(17-21-5-4-6-22(16-21)19-35)36-45(42,43)25-8-7-23-10-12-37(13-11-24(23)18-25)30(41)31(32,33)34/h4-9,16,18,26-27,36H,3,10-15,17H2,1-2H3/t26-,27+/m0/s1. The van der Waals surface area contributed by atoms with Gasteiger partial charge in [-0.25, -0.2) is 13.2 Å². The second kappa shape index (κ2) is 13.8. The van der Waals surface area contributed by atoms with Gasteiger partial charge in [0.1, 0.15) is 12.1 Å². The van der Waals surface area contributed by atoms with E-state index in [0.29, 0.717) is 27.2 Å². The summed E-state index contributed by atoms with van der Waals surface area (Å²) in [5, 5.41) is 9.35. The number of carbonyl (C=O) groups excluding carboxylic acids is 3. The zero-order valence-corrected chi connectivity index (χ0v) is 25.6. The number of alkyl halides is 3. The molecule has 4 rings (SSSR count). The average molecular weight is 647 g/mol. The number of hydrogen-bond donors (Lipinski definition) is 1. The van der Waals surface area contributed by atoms with E-state index < -0.39 is 46.1 Å². The Kier molecular flexibility index (Phi) is 10.3. The van der Waals surface area contributed by atoms with Gasteiger partial charge in [-0.2, -0.15) is 23.2 Å². The van der Waals surface area contributed by atoms with Crippen molar-refractivity contribution in [3.8, 4) is 6.07 Å². The predicted octanol–water partition coefficient (Wildman–Crippen LogP) is 3.05. The third-order valence-corrected chi connectivity index (χ3v) is 9.25. The molecule has 0 unspecified atom stereocenters. The van der Waals surface area contributed by atoms with Crippen molar-refractivity contribution in [1.82, 2.24) is 14.5 Å². The molecule has 14 heteroatoms. The van der Waals surface area contributed by atoms with Crippen molar-refractivity contribution in [2.45, 2.75) is 62.7 Å². The van der Waals surface area contributed by atoms with Crippen molar-refractivity contribution in [3.63, 3.8) is 0 Å². The summed E-state index contributed by atoms with van der Waals surface area (Å²) in [7, 11) is -4.39. The molecule has 0 bridgehead atoms. The monoisotopic (exact) mass is 646 g/mol. The second-order valence-corrected chi connectivity index (χ2v) is 12.6. The maximum absolute atomic E-state index is 14.0. The SMILES string of the molecule is CCOC(=O)[C@H]1CC(C)=CCN1C(=O)[C@H](Cc1cccc(C#N)c1)NS(=O)(=O)c1ccc2c(c1)CCN(C(=O)C(F)(F)F)CC2. The molecule has 2 amide bonds. The first kappa shape index (κ1) is 33.7. The van der Waals surface area contributed by atoms with Gasteiger partial charge in [0.25, 0.3) is 0 Å². The molecule has 1 N–H and O–H groups in total. The van der Waals surface area contributed by atoms with Crippen molar-refractivity contribution in [2.24, 2.45) is 0 Å². The van der Waals surface area contributed by atoms with E-state index in [1.807, 2.05) is 13.0 Å². The van der Waals surface area contributed by atoms with E-state index in [4.69, 9.17) is 4.74 Å². The molecular weight excluding hydrogens is 613 g/mol. The quantitative estimate of drug-likeness (QED) is 0.344. The predicted molar refractivity (Wildman–Crippen MR) is 156 cm³/mol. The van der Waals surface area contributed by atoms with Gasteiger partial charge in [0, 0.05) is 19.6 Å². The number of carbonyl (C=O) groups is 3. The third-order valence-electron chi connectivity index (χ3n) is 7.78. The van der Waals surface area contributed by atoms with Crippen LogP contribution < -0.4 is 4.72 Å². The van der Waals surface area contributed by atoms with Crippen LogP contribution in [-0.2, 0) is 48.4 Å². The van der Waals surface area contributed by atoms with E-state index in [-0.39, 0.29) is 56.8 Å². The molecule has 2 aromatic rings. The normalized spacial score (nSPS) is 17.8. The van der Waals surface area contributed by atoms with E-state index in [1.165, 1.54) is 29.2 Å². The molecule has 0 saturated heterocycles. The van der Waals surface area contributed by atoms with Gasteiger partial charge in [-0.1, -0.05) is 29.8 Å². The number of nitrogens with zero attached hydrogens (tertiary/aromatic N) is 3. The number of sulfonamides is 1. The van der Waals surface area contributed by atoms with Crippen LogP contribution in [0, 0.1) is 11.3 Å². The smallest absolute Gasteiger partial charge is 0.464 e. The third kappa shape index (κ3) is 8.09. The van der Waals surface area contributed by atoms with Crippen molar-refractivity contribution < 1.29 is 40.7 Å². The number of benzene rings is 2. The Labute approximate surface area is 259 Å². The van der Waals surface area contributed by atoms with E-state index in [1.54, 1.807) is 31.2 Å². The van der Waals surface area contributed by atoms with Crippen molar-refractivity contribution in [1.29, 1.82) is 5.26 Å². The molecule has 45 heavy (non-hydrogen) atoms. The number of amides is 2. The summed E-state index contributed by atoms with van der Waals surface area (Å²) in [5.41, 5.74) is 2.77. The van der Waals surface area contributed by atoms with E-state index >= 15 is 0 Å². The van der Waals surface area contributed by atoms with Gasteiger partial charge in [0.2, 0.25) is 15.9 Å². The van der Waals surface area contributed by atoms with Crippen LogP contribution >= 0.6 is 0 Å². The fourth-order valence-corrected chi connectivity index (χ4v) is 6.70. The minimum Gasteiger partial charge on any atom is -0.464 e. The molecule has 2 aliphatic rings. The molecule has 0 saturated carbocycles. The van der Waals surface area contributed by atoms with Gasteiger partial charge < -0.3 is 14.5 Å². The number of nitriles is 1. The molecule has 2 aliphatic heterocycles. The maximum atomic E-state index is 14.0. The van der Waals surface area contributed by atoms with Crippen LogP contribution in [-0.4, -0.2) is 80.5 Å². The van der Waals surface area contributed by atoms with Crippen molar-refractivity contribution >= 4 is 27.8 Å². The first-order chi connectivity index (χ1) is 21.2. The summed E-state index contributed by atoms with van der Waals surface area (Å²) < 4.78 is 74.2. The molecule has 0 aliphatic carbocycles. The minimum atomic E-state index is -5.02. The lowest BCUT2D eigenvalue weighted by molar-refractivity contribution is -0.185. The Morgan fingerprint density at radius 2 is 1.82 bits per heavy atom. The number of halogens is 3. The lowest BCUT2D eigenvalue weighted by Crippen LogP contribution is -2.56. The summed E-state index contributed by atoms with van der Waals surface area (Å²) >= 11 is 0. The first-order valence-electron chi connectivity index (χ1n) is 14.4.